The van der Waals surface area contributed by atoms with Crippen LogP contribution in [0.3, 0.4) is 0 Å². The molecule has 0 nitrogen and oxygen atoms in total. The van der Waals surface area contributed by atoms with Crippen LogP contribution in [0.2, 0.25) is 0 Å². The zero-order valence-corrected chi connectivity index (χ0v) is 10.1. The molecule has 81 valence electrons. The van der Waals surface area contributed by atoms with E-state index in [1.807, 2.05) is 12.1 Å². The number of hydrogen-bond donors (Lipinski definition) is 0. The van der Waals surface area contributed by atoms with Crippen molar-refractivity contribution in [2.24, 2.45) is 0 Å². The van der Waals surface area contributed by atoms with E-state index in [-0.39, 0.29) is 0 Å². The first-order valence-corrected chi connectivity index (χ1v) is 6.36. The first-order valence-electron chi connectivity index (χ1n) is 5.54. The molecule has 3 rings (SSSR count). The highest BCUT2D eigenvalue weighted by molar-refractivity contribution is 7.99. The van der Waals surface area contributed by atoms with E-state index in [1.54, 1.807) is 11.8 Å². The van der Waals surface area contributed by atoms with E-state index < -0.39 is 0 Å². The molecule has 0 heterocycles. The summed E-state index contributed by atoms with van der Waals surface area (Å²) in [4.78, 5) is 2.52. The smallest absolute Gasteiger partial charge is 0.0128 e. The van der Waals surface area contributed by atoms with Crippen molar-refractivity contribution in [3.05, 3.63) is 72.8 Å². The van der Waals surface area contributed by atoms with Crippen molar-refractivity contribution in [2.45, 2.75) is 9.79 Å². The van der Waals surface area contributed by atoms with Crippen molar-refractivity contribution in [1.29, 1.82) is 0 Å². The molecule has 0 atom stereocenters. The van der Waals surface area contributed by atoms with Gasteiger partial charge in [-0.25, -0.2) is 0 Å². The lowest BCUT2D eigenvalue weighted by Gasteiger charge is -2.03. The molecule has 1 radical (unpaired) electrons. The van der Waals surface area contributed by atoms with Gasteiger partial charge in [0.2, 0.25) is 0 Å². The van der Waals surface area contributed by atoms with Crippen molar-refractivity contribution in [3.63, 3.8) is 0 Å². The van der Waals surface area contributed by atoms with Gasteiger partial charge in [0.05, 0.1) is 0 Å². The second-order valence-corrected chi connectivity index (χ2v) is 4.99. The minimum atomic E-state index is 1.25. The second-order valence-electron chi connectivity index (χ2n) is 3.85. The molecule has 0 amide bonds. The zero-order chi connectivity index (χ0) is 11.5. The Morgan fingerprint density at radius 2 is 1.47 bits per heavy atom. The van der Waals surface area contributed by atoms with Gasteiger partial charge in [0, 0.05) is 9.79 Å². The molecular formula is C16H11S. The molecule has 0 unspecified atom stereocenters. The lowest BCUT2D eigenvalue weighted by molar-refractivity contribution is 1.42. The fraction of sp³-hybridized carbons (Fsp3) is 0. The minimum absolute atomic E-state index is 1.25. The van der Waals surface area contributed by atoms with E-state index in [2.05, 4.69) is 60.7 Å². The summed E-state index contributed by atoms with van der Waals surface area (Å²) in [5, 5.41) is 2.58. The van der Waals surface area contributed by atoms with Crippen molar-refractivity contribution in [1.82, 2.24) is 0 Å². The average molecular weight is 235 g/mol. The van der Waals surface area contributed by atoms with E-state index in [0.717, 1.165) is 0 Å². The van der Waals surface area contributed by atoms with Gasteiger partial charge in [-0.1, -0.05) is 54.2 Å². The summed E-state index contributed by atoms with van der Waals surface area (Å²) in [6.07, 6.45) is 0. The van der Waals surface area contributed by atoms with Gasteiger partial charge >= 0.3 is 0 Å². The quantitative estimate of drug-likeness (QED) is 0.615. The van der Waals surface area contributed by atoms with Crippen molar-refractivity contribution in [2.75, 3.05) is 0 Å². The molecule has 0 N–H and O–H groups in total. The van der Waals surface area contributed by atoms with Crippen LogP contribution in [0.15, 0.2) is 76.5 Å². The first kappa shape index (κ1) is 10.4. The summed E-state index contributed by atoms with van der Waals surface area (Å²) in [5.41, 5.74) is 0. The third-order valence-electron chi connectivity index (χ3n) is 2.64. The number of benzene rings is 3. The van der Waals surface area contributed by atoms with Gasteiger partial charge in [0.1, 0.15) is 0 Å². The van der Waals surface area contributed by atoms with Gasteiger partial charge in [-0.15, -0.1) is 0 Å². The van der Waals surface area contributed by atoms with Crippen LogP contribution in [0, 0.1) is 6.07 Å². The molecule has 1 heteroatoms. The first-order chi connectivity index (χ1) is 8.42. The minimum Gasteiger partial charge on any atom is -0.0901 e. The molecule has 0 aliphatic heterocycles. The summed E-state index contributed by atoms with van der Waals surface area (Å²) in [6.45, 7) is 0. The van der Waals surface area contributed by atoms with Gasteiger partial charge in [-0.2, -0.15) is 0 Å². The Kier molecular flexibility index (Phi) is 2.85. The van der Waals surface area contributed by atoms with Gasteiger partial charge in [0.25, 0.3) is 0 Å². The normalized spacial score (nSPS) is 10.6. The molecule has 0 fully saturated rings. The van der Waals surface area contributed by atoms with Gasteiger partial charge in [-0.05, 0) is 41.1 Å². The molecule has 0 saturated carbocycles. The van der Waals surface area contributed by atoms with E-state index >= 15 is 0 Å². The molecule has 0 saturated heterocycles. The molecule has 0 bridgehead atoms. The highest BCUT2D eigenvalue weighted by atomic mass is 32.2. The summed E-state index contributed by atoms with van der Waals surface area (Å²) in [7, 11) is 0. The van der Waals surface area contributed by atoms with Crippen LogP contribution in [0.25, 0.3) is 10.8 Å². The van der Waals surface area contributed by atoms with Crippen LogP contribution in [0.1, 0.15) is 0 Å². The molecule has 17 heavy (non-hydrogen) atoms. The summed E-state index contributed by atoms with van der Waals surface area (Å²) >= 11 is 1.78. The van der Waals surface area contributed by atoms with Crippen LogP contribution in [-0.2, 0) is 0 Å². The average Bonchev–Trinajstić information content (AvgIpc) is 2.40. The van der Waals surface area contributed by atoms with E-state index in [4.69, 9.17) is 0 Å². The standard InChI is InChI=1S/C16H11S/c1-2-8-15(9-3-1)17-16-11-10-13-6-4-5-7-14(13)12-16/h2-12H. The van der Waals surface area contributed by atoms with Crippen molar-refractivity contribution >= 4 is 22.5 Å². The summed E-state index contributed by atoms with van der Waals surface area (Å²) in [6, 6.07) is 26.1. The second kappa shape index (κ2) is 4.64. The topological polar surface area (TPSA) is 0 Å². The maximum atomic E-state index is 3.03. The lowest BCUT2D eigenvalue weighted by atomic mass is 10.1. The highest BCUT2D eigenvalue weighted by Gasteiger charge is 1.98. The van der Waals surface area contributed by atoms with Crippen LogP contribution in [0.4, 0.5) is 0 Å². The zero-order valence-electron chi connectivity index (χ0n) is 9.26. The third kappa shape index (κ3) is 2.34. The van der Waals surface area contributed by atoms with Crippen LogP contribution >= 0.6 is 11.8 Å². The van der Waals surface area contributed by atoms with Crippen molar-refractivity contribution < 1.29 is 0 Å². The van der Waals surface area contributed by atoms with Crippen LogP contribution in [-0.4, -0.2) is 0 Å². The predicted molar refractivity (Wildman–Crippen MR) is 73.3 cm³/mol. The largest absolute Gasteiger partial charge is 0.0901 e. The molecule has 0 spiro atoms. The number of rotatable bonds is 2. The summed E-state index contributed by atoms with van der Waals surface area (Å²) in [5.74, 6) is 0. The SMILES string of the molecule is [c]1ccc(Sc2ccc3ccccc3c2)cc1. The fourth-order valence-electron chi connectivity index (χ4n) is 1.81. The van der Waals surface area contributed by atoms with E-state index in [9.17, 15) is 0 Å². The molecule has 0 aromatic heterocycles. The number of fused-ring (bicyclic) bond motifs is 1. The third-order valence-corrected chi connectivity index (χ3v) is 3.64. The Labute approximate surface area is 105 Å². The Morgan fingerprint density at radius 1 is 0.706 bits per heavy atom. The molecular weight excluding hydrogens is 224 g/mol. The van der Waals surface area contributed by atoms with Crippen LogP contribution < -0.4 is 0 Å². The maximum Gasteiger partial charge on any atom is 0.0128 e. The monoisotopic (exact) mass is 235 g/mol. The van der Waals surface area contributed by atoms with Gasteiger partial charge in [0.15, 0.2) is 0 Å². The van der Waals surface area contributed by atoms with Crippen LogP contribution in [0.5, 0.6) is 0 Å². The predicted octanol–water partition coefficient (Wildman–Crippen LogP) is 4.79. The van der Waals surface area contributed by atoms with E-state index in [1.165, 1.54) is 20.6 Å². The Hall–Kier alpha value is -1.73. The molecule has 3 aromatic carbocycles. The summed E-state index contributed by atoms with van der Waals surface area (Å²) < 4.78 is 0. The Bertz CT molecular complexity index is 629. The van der Waals surface area contributed by atoms with Gasteiger partial charge < -0.3 is 0 Å². The molecule has 0 aliphatic carbocycles. The Balaban J connectivity index is 1.96. The molecule has 3 aromatic rings. The van der Waals surface area contributed by atoms with Gasteiger partial charge in [-0.3, -0.25) is 0 Å². The maximum absolute atomic E-state index is 3.03. The molecule has 0 aliphatic rings. The fourth-order valence-corrected chi connectivity index (χ4v) is 2.67. The van der Waals surface area contributed by atoms with E-state index in [0.29, 0.717) is 0 Å². The highest BCUT2D eigenvalue weighted by Crippen LogP contribution is 2.29. The Morgan fingerprint density at radius 3 is 2.29 bits per heavy atom. The lowest BCUT2D eigenvalue weighted by Crippen LogP contribution is -1.75. The number of hydrogen-bond acceptors (Lipinski definition) is 1. The van der Waals surface area contributed by atoms with Crippen molar-refractivity contribution in [3.8, 4) is 0 Å².